The van der Waals surface area contributed by atoms with Gasteiger partial charge in [0.2, 0.25) is 0 Å². The first kappa shape index (κ1) is 24.2. The lowest BCUT2D eigenvalue weighted by Crippen LogP contribution is -2.50. The minimum Gasteiger partial charge on any atom is -0.587 e. The van der Waals surface area contributed by atoms with E-state index in [1.54, 1.807) is 17.2 Å². The summed E-state index contributed by atoms with van der Waals surface area (Å²) in [4.78, 5) is 19.5. The molecule has 0 spiro atoms. The zero-order chi connectivity index (χ0) is 23.3. The molecule has 1 unspecified atom stereocenters. The molecule has 1 heterocycles. The van der Waals surface area contributed by atoms with E-state index in [9.17, 15) is 9.35 Å². The number of hydrogen-bond acceptors (Lipinski definition) is 6. The van der Waals surface area contributed by atoms with Crippen LogP contribution in [0, 0.1) is 6.92 Å². The predicted octanol–water partition coefficient (Wildman–Crippen LogP) is 4.35. The van der Waals surface area contributed by atoms with Gasteiger partial charge in [-0.05, 0) is 58.0 Å². The second kappa shape index (κ2) is 10.5. The van der Waals surface area contributed by atoms with Crippen LogP contribution < -0.4 is 9.73 Å². The van der Waals surface area contributed by atoms with E-state index >= 15 is 0 Å². The first-order valence-electron chi connectivity index (χ1n) is 10.4. The number of amides is 1. The summed E-state index contributed by atoms with van der Waals surface area (Å²) in [7, 11) is 0. The van der Waals surface area contributed by atoms with Crippen LogP contribution in [0.3, 0.4) is 0 Å². The van der Waals surface area contributed by atoms with Gasteiger partial charge in [-0.2, -0.15) is 0 Å². The number of hydrazone groups is 1. The molecule has 1 N–H and O–H groups in total. The van der Waals surface area contributed by atoms with Gasteiger partial charge < -0.3 is 19.1 Å². The zero-order valence-corrected chi connectivity index (χ0v) is 20.4. The number of hydrogen-bond donors (Lipinski definition) is 1. The van der Waals surface area contributed by atoms with E-state index in [2.05, 4.69) is 14.8 Å². The van der Waals surface area contributed by atoms with Crippen LogP contribution in [0.2, 0.25) is 5.02 Å². The van der Waals surface area contributed by atoms with E-state index in [1.165, 1.54) is 0 Å². The highest BCUT2D eigenvalue weighted by Crippen LogP contribution is 2.25. The average Bonchev–Trinajstić information content (AvgIpc) is 2.74. The van der Waals surface area contributed by atoms with Crippen molar-refractivity contribution < 1.29 is 14.1 Å². The van der Waals surface area contributed by atoms with Crippen LogP contribution in [0.1, 0.15) is 31.9 Å². The van der Waals surface area contributed by atoms with Crippen LogP contribution >= 0.6 is 11.6 Å². The Bertz CT molecular complexity index is 955. The summed E-state index contributed by atoms with van der Waals surface area (Å²) in [6.07, 6.45) is 1.34. The maximum atomic E-state index is 12.4. The fourth-order valence-electron chi connectivity index (χ4n) is 3.21. The summed E-state index contributed by atoms with van der Waals surface area (Å²) < 4.78 is 17.9. The Labute approximate surface area is 197 Å². The Hall–Kier alpha value is -2.42. The van der Waals surface area contributed by atoms with Gasteiger partial charge in [-0.25, -0.2) is 4.79 Å². The van der Waals surface area contributed by atoms with Crippen LogP contribution in [0.4, 0.5) is 10.5 Å². The molecule has 2 aromatic rings. The molecule has 1 aliphatic rings. The van der Waals surface area contributed by atoms with Crippen LogP contribution in [-0.4, -0.2) is 53.5 Å². The molecule has 1 saturated heterocycles. The van der Waals surface area contributed by atoms with Gasteiger partial charge >= 0.3 is 6.09 Å². The van der Waals surface area contributed by atoms with E-state index < -0.39 is 17.0 Å². The summed E-state index contributed by atoms with van der Waals surface area (Å²) in [6.45, 7) is 9.94. The highest BCUT2D eigenvalue weighted by molar-refractivity contribution is 7.89. The van der Waals surface area contributed by atoms with Crippen molar-refractivity contribution >= 4 is 41.0 Å². The third kappa shape index (κ3) is 6.79. The van der Waals surface area contributed by atoms with E-state index in [0.717, 1.165) is 16.8 Å². The van der Waals surface area contributed by atoms with Crippen molar-refractivity contribution in [3.8, 4) is 0 Å². The Morgan fingerprint density at radius 3 is 2.44 bits per heavy atom. The number of benzene rings is 2. The van der Waals surface area contributed by atoms with E-state index in [0.29, 0.717) is 36.1 Å². The van der Waals surface area contributed by atoms with Crippen molar-refractivity contribution in [3.63, 3.8) is 0 Å². The standard InChI is InChI=1S/C23H29ClN4O3S/c1-17-5-9-20(10-6-17)32(30)26-25-16-18-7-8-19(24)15-21(18)27-11-13-28(14-12-27)22(29)31-23(2,3)4/h5-10,15-16,26H,11-14H2,1-4H3/b25-16+. The maximum absolute atomic E-state index is 12.4. The van der Waals surface area contributed by atoms with E-state index in [4.69, 9.17) is 16.3 Å². The molecule has 1 fully saturated rings. The van der Waals surface area contributed by atoms with Crippen molar-refractivity contribution in [2.24, 2.45) is 5.10 Å². The fraction of sp³-hybridized carbons (Fsp3) is 0.391. The lowest BCUT2D eigenvalue weighted by Gasteiger charge is -2.37. The summed E-state index contributed by atoms with van der Waals surface area (Å²) in [6, 6.07) is 13.0. The molecule has 9 heteroatoms. The molecule has 7 nitrogen and oxygen atoms in total. The second-order valence-electron chi connectivity index (χ2n) is 8.59. The molecule has 0 bridgehead atoms. The van der Waals surface area contributed by atoms with Gasteiger partial charge in [0, 0.05) is 42.5 Å². The monoisotopic (exact) mass is 476 g/mol. The van der Waals surface area contributed by atoms with Crippen LogP contribution in [-0.2, 0) is 16.1 Å². The number of ether oxygens (including phenoxy) is 1. The maximum Gasteiger partial charge on any atom is 0.410 e. The molecule has 3 rings (SSSR count). The Kier molecular flexibility index (Phi) is 7.92. The number of carbonyl (C=O) groups is 1. The summed E-state index contributed by atoms with van der Waals surface area (Å²) >= 11 is 4.80. The molecule has 0 aliphatic carbocycles. The predicted molar refractivity (Wildman–Crippen MR) is 130 cm³/mol. The minimum absolute atomic E-state index is 0.298. The lowest BCUT2D eigenvalue weighted by atomic mass is 10.1. The Morgan fingerprint density at radius 2 is 1.81 bits per heavy atom. The van der Waals surface area contributed by atoms with Crippen LogP contribution in [0.15, 0.2) is 52.5 Å². The molecular formula is C23H29ClN4O3S. The van der Waals surface area contributed by atoms with Gasteiger partial charge in [-0.1, -0.05) is 29.3 Å². The molecule has 0 radical (unpaired) electrons. The third-order valence-corrected chi connectivity index (χ3v) is 6.05. The first-order chi connectivity index (χ1) is 15.1. The molecule has 0 saturated carbocycles. The number of carbonyl (C=O) groups excluding carboxylic acids is 1. The van der Waals surface area contributed by atoms with Crippen molar-refractivity contribution in [2.75, 3.05) is 31.1 Å². The number of aryl methyl sites for hydroxylation is 1. The number of rotatable bonds is 5. The fourth-order valence-corrected chi connectivity index (χ4v) is 4.02. The number of nitrogens with zero attached hydrogens (tertiary/aromatic N) is 3. The Balaban J connectivity index is 1.64. The number of anilines is 1. The SMILES string of the molecule is Cc1ccc([S+]([O-])N/N=C/c2ccc(Cl)cc2N2CCN(C(=O)OC(C)(C)C)CC2)cc1. The number of nitrogens with one attached hydrogen (secondary N) is 1. The third-order valence-electron chi connectivity index (χ3n) is 4.84. The van der Waals surface area contributed by atoms with Gasteiger partial charge in [0.25, 0.3) is 0 Å². The van der Waals surface area contributed by atoms with Crippen LogP contribution in [0.5, 0.6) is 0 Å². The van der Waals surface area contributed by atoms with Gasteiger partial charge in [0.05, 0.1) is 6.21 Å². The molecular weight excluding hydrogens is 448 g/mol. The Morgan fingerprint density at radius 1 is 1.16 bits per heavy atom. The lowest BCUT2D eigenvalue weighted by molar-refractivity contribution is 0.0240. The van der Waals surface area contributed by atoms with Crippen molar-refractivity contribution in [3.05, 3.63) is 58.6 Å². The number of halogens is 1. The van der Waals surface area contributed by atoms with Crippen molar-refractivity contribution in [2.45, 2.75) is 38.2 Å². The first-order valence-corrected chi connectivity index (χ1v) is 11.9. The van der Waals surface area contributed by atoms with Gasteiger partial charge in [0.15, 0.2) is 4.90 Å². The molecule has 0 aromatic heterocycles. The second-order valence-corrected chi connectivity index (χ2v) is 10.2. The number of piperazine rings is 1. The van der Waals surface area contributed by atoms with Crippen molar-refractivity contribution in [1.82, 2.24) is 9.73 Å². The highest BCUT2D eigenvalue weighted by Gasteiger charge is 2.26. The smallest absolute Gasteiger partial charge is 0.410 e. The normalized spacial score (nSPS) is 15.7. The van der Waals surface area contributed by atoms with Gasteiger partial charge in [0.1, 0.15) is 17.0 Å². The summed E-state index contributed by atoms with van der Waals surface area (Å²) in [5, 5.41) is 4.79. The quantitative estimate of drug-likeness (QED) is 0.394. The largest absolute Gasteiger partial charge is 0.587 e. The molecule has 2 aromatic carbocycles. The molecule has 32 heavy (non-hydrogen) atoms. The molecule has 172 valence electrons. The van der Waals surface area contributed by atoms with Crippen molar-refractivity contribution in [1.29, 1.82) is 0 Å². The van der Waals surface area contributed by atoms with E-state index in [-0.39, 0.29) is 6.09 Å². The zero-order valence-electron chi connectivity index (χ0n) is 18.8. The molecule has 1 aliphatic heterocycles. The van der Waals surface area contributed by atoms with Gasteiger partial charge in [-0.15, -0.1) is 9.93 Å². The van der Waals surface area contributed by atoms with E-state index in [1.807, 2.05) is 64.1 Å². The molecule has 1 atom stereocenters. The minimum atomic E-state index is -1.45. The van der Waals surface area contributed by atoms with Crippen LogP contribution in [0.25, 0.3) is 0 Å². The topological polar surface area (TPSA) is 80.2 Å². The van der Waals surface area contributed by atoms with Gasteiger partial charge in [-0.3, -0.25) is 0 Å². The summed E-state index contributed by atoms with van der Waals surface area (Å²) in [5.41, 5.74) is 2.34. The average molecular weight is 477 g/mol. The highest BCUT2D eigenvalue weighted by atomic mass is 35.5. The summed E-state index contributed by atoms with van der Waals surface area (Å²) in [5.74, 6) is 0. The molecule has 1 amide bonds.